The van der Waals surface area contributed by atoms with E-state index in [1.807, 2.05) is 6.92 Å². The molecule has 2 aromatic heterocycles. The average molecular weight is 448 g/mol. The molecule has 0 radical (unpaired) electrons. The maximum Gasteiger partial charge on any atom is 0.420 e. The number of carbonyl (C=O) groups excluding carboxylic acids is 1. The number of aromatic nitrogens is 3. The summed E-state index contributed by atoms with van der Waals surface area (Å²) in [6, 6.07) is -1.40. The van der Waals surface area contributed by atoms with Crippen LogP contribution in [0.15, 0.2) is 15.6 Å². The van der Waals surface area contributed by atoms with E-state index in [9.17, 15) is 26.6 Å². The second-order valence-electron chi connectivity index (χ2n) is 6.98. The number of halogens is 4. The summed E-state index contributed by atoms with van der Waals surface area (Å²) in [6.45, 7) is 4.90. The number of alkyl halides is 3. The van der Waals surface area contributed by atoms with Gasteiger partial charge in [0.15, 0.2) is 15.7 Å². The molecule has 0 saturated carbocycles. The van der Waals surface area contributed by atoms with Gasteiger partial charge in [-0.15, -0.1) is 4.36 Å². The number of anilines is 1. The fraction of sp³-hybridized carbons (Fsp3) is 0.471. The van der Waals surface area contributed by atoms with Gasteiger partial charge in [-0.05, 0) is 38.2 Å². The molecule has 164 valence electrons. The van der Waals surface area contributed by atoms with Crippen LogP contribution in [0.25, 0.3) is 0 Å². The summed E-state index contributed by atoms with van der Waals surface area (Å²) in [7, 11) is -4.12. The molecule has 2 unspecified atom stereocenters. The highest BCUT2D eigenvalue weighted by Crippen LogP contribution is 2.44. The number of amides is 2. The summed E-state index contributed by atoms with van der Waals surface area (Å²) >= 11 is 0. The van der Waals surface area contributed by atoms with Crippen molar-refractivity contribution in [1.29, 1.82) is 0 Å². The molecule has 0 aliphatic heterocycles. The van der Waals surface area contributed by atoms with Gasteiger partial charge in [0.2, 0.25) is 5.03 Å². The first kappa shape index (κ1) is 22.2. The zero-order chi connectivity index (χ0) is 22.4. The fourth-order valence-electron chi connectivity index (χ4n) is 3.44. The lowest BCUT2D eigenvalue weighted by Gasteiger charge is -2.19. The Morgan fingerprint density at radius 3 is 2.70 bits per heavy atom. The van der Waals surface area contributed by atoms with E-state index in [0.717, 1.165) is 10.9 Å². The summed E-state index contributed by atoms with van der Waals surface area (Å²) in [5, 5.41) is 10.5. The van der Waals surface area contributed by atoms with Crippen LogP contribution >= 0.6 is 0 Å². The molecule has 13 heteroatoms. The van der Waals surface area contributed by atoms with Crippen LogP contribution in [0, 0.1) is 12.7 Å². The Morgan fingerprint density at radius 2 is 2.13 bits per heavy atom. The van der Waals surface area contributed by atoms with Gasteiger partial charge in [0, 0.05) is 12.2 Å². The largest absolute Gasteiger partial charge is 0.420 e. The van der Waals surface area contributed by atoms with E-state index in [1.165, 1.54) is 6.92 Å². The van der Waals surface area contributed by atoms with Crippen molar-refractivity contribution in [3.05, 3.63) is 34.5 Å². The minimum absolute atomic E-state index is 0.0839. The van der Waals surface area contributed by atoms with Gasteiger partial charge in [-0.2, -0.15) is 18.3 Å². The second-order valence-corrected chi connectivity index (χ2v) is 8.68. The quantitative estimate of drug-likeness (QED) is 0.696. The molecule has 3 rings (SSSR count). The van der Waals surface area contributed by atoms with E-state index in [0.29, 0.717) is 12.1 Å². The first-order chi connectivity index (χ1) is 13.8. The average Bonchev–Trinajstić information content (AvgIpc) is 3.16. The van der Waals surface area contributed by atoms with Gasteiger partial charge >= 0.3 is 12.2 Å². The van der Waals surface area contributed by atoms with Crippen molar-refractivity contribution >= 4 is 21.6 Å². The molecule has 1 aliphatic carbocycles. The predicted molar refractivity (Wildman–Crippen MR) is 101 cm³/mol. The Bertz CT molecular complexity index is 1130. The first-order valence-electron chi connectivity index (χ1n) is 9.04. The van der Waals surface area contributed by atoms with Crippen LogP contribution in [0.3, 0.4) is 0 Å². The number of pyridine rings is 1. The van der Waals surface area contributed by atoms with Gasteiger partial charge in [0.1, 0.15) is 5.56 Å². The number of aryl methyl sites for hydroxylation is 2. The number of nitrogens with zero attached hydrogens (tertiary/aromatic N) is 4. The van der Waals surface area contributed by atoms with E-state index < -0.39 is 44.2 Å². The Balaban J connectivity index is 2.07. The smallest absolute Gasteiger partial charge is 0.304 e. The molecule has 1 aliphatic rings. The van der Waals surface area contributed by atoms with Gasteiger partial charge in [0.05, 0.1) is 17.6 Å². The molecule has 0 spiro atoms. The Hall–Kier alpha value is -2.54. The highest BCUT2D eigenvalue weighted by atomic mass is 32.2. The minimum atomic E-state index is -4.79. The molecule has 3 N–H and O–H groups in total. The van der Waals surface area contributed by atoms with E-state index in [1.54, 1.807) is 6.92 Å². The number of nitrogens with two attached hydrogens (primary N) is 1. The lowest BCUT2D eigenvalue weighted by Crippen LogP contribution is -2.22. The SMILES string of the molecule is CCn1cc(F)c(S(N)(=O)=NC(=O)Nc2c3c(nc(C)c2C(F)(F)F)C(C)CC3)n1. The number of carbonyl (C=O) groups is 1. The van der Waals surface area contributed by atoms with Crippen molar-refractivity contribution in [3.63, 3.8) is 0 Å². The normalized spacial score (nSPS) is 18.1. The van der Waals surface area contributed by atoms with Crippen molar-refractivity contribution in [3.8, 4) is 0 Å². The van der Waals surface area contributed by atoms with Gasteiger partial charge in [-0.1, -0.05) is 6.92 Å². The summed E-state index contributed by atoms with van der Waals surface area (Å²) in [5.41, 5.74) is -1.20. The molecule has 30 heavy (non-hydrogen) atoms. The lowest BCUT2D eigenvalue weighted by molar-refractivity contribution is -0.137. The predicted octanol–water partition coefficient (Wildman–Crippen LogP) is 3.75. The van der Waals surface area contributed by atoms with Crippen molar-refractivity contribution in [2.75, 3.05) is 5.32 Å². The zero-order valence-electron chi connectivity index (χ0n) is 16.4. The van der Waals surface area contributed by atoms with E-state index >= 15 is 0 Å². The monoisotopic (exact) mass is 448 g/mol. The highest BCUT2D eigenvalue weighted by Gasteiger charge is 2.40. The van der Waals surface area contributed by atoms with Crippen molar-refractivity contribution in [2.45, 2.75) is 57.3 Å². The topological polar surface area (TPSA) is 115 Å². The number of nitrogens with one attached hydrogen (secondary N) is 1. The summed E-state index contributed by atoms with van der Waals surface area (Å²) in [5.74, 6) is -1.12. The molecule has 8 nitrogen and oxygen atoms in total. The number of hydrogen-bond donors (Lipinski definition) is 2. The van der Waals surface area contributed by atoms with Crippen LogP contribution in [0.2, 0.25) is 0 Å². The van der Waals surface area contributed by atoms with Crippen molar-refractivity contribution in [2.24, 2.45) is 9.50 Å². The molecule has 2 aromatic rings. The molecule has 0 bridgehead atoms. The van der Waals surface area contributed by atoms with Crippen LogP contribution in [-0.2, 0) is 29.1 Å². The van der Waals surface area contributed by atoms with E-state index in [2.05, 4.69) is 19.8 Å². The third kappa shape index (κ3) is 4.03. The van der Waals surface area contributed by atoms with Crippen LogP contribution in [0.4, 0.5) is 28.0 Å². The molecule has 0 fully saturated rings. The van der Waals surface area contributed by atoms with E-state index in [-0.39, 0.29) is 30.1 Å². The van der Waals surface area contributed by atoms with Crippen LogP contribution in [-0.4, -0.2) is 25.0 Å². The van der Waals surface area contributed by atoms with Crippen molar-refractivity contribution in [1.82, 2.24) is 14.8 Å². The third-order valence-corrected chi connectivity index (χ3v) is 6.09. The Labute approximate surface area is 170 Å². The number of rotatable bonds is 3. The van der Waals surface area contributed by atoms with Crippen LogP contribution in [0.1, 0.15) is 48.7 Å². The molecule has 2 atom stereocenters. The molecule has 2 heterocycles. The lowest BCUT2D eigenvalue weighted by atomic mass is 10.0. The van der Waals surface area contributed by atoms with Crippen LogP contribution < -0.4 is 10.5 Å². The summed E-state index contributed by atoms with van der Waals surface area (Å²) in [4.78, 5) is 16.4. The van der Waals surface area contributed by atoms with E-state index in [4.69, 9.17) is 5.14 Å². The maximum atomic E-state index is 14.0. The maximum absolute atomic E-state index is 14.0. The van der Waals surface area contributed by atoms with Crippen LogP contribution in [0.5, 0.6) is 0 Å². The standard InChI is InChI=1S/C17H20F4N6O2S/c1-4-27-7-11(18)15(25-27)30(22,29)26-16(28)24-14-10-6-5-8(2)13(10)23-9(3)12(14)17(19,20)21/h7-8H,4-6H2,1-3H3,(H3,22,23,24,26,28,29). The number of hydrogen-bond acceptors (Lipinski definition) is 4. The third-order valence-electron chi connectivity index (χ3n) is 4.83. The molecular weight excluding hydrogens is 428 g/mol. The summed E-state index contributed by atoms with van der Waals surface area (Å²) in [6.07, 6.45) is -3.03. The molecule has 0 saturated heterocycles. The van der Waals surface area contributed by atoms with Crippen molar-refractivity contribution < 1.29 is 26.6 Å². The Morgan fingerprint density at radius 1 is 1.47 bits per heavy atom. The van der Waals surface area contributed by atoms with Gasteiger partial charge in [0.25, 0.3) is 0 Å². The number of fused-ring (bicyclic) bond motifs is 1. The van der Waals surface area contributed by atoms with Gasteiger partial charge in [-0.3, -0.25) is 9.67 Å². The van der Waals surface area contributed by atoms with Gasteiger partial charge < -0.3 is 5.32 Å². The molecular formula is C17H20F4N6O2S. The summed E-state index contributed by atoms with van der Waals surface area (Å²) < 4.78 is 71.9. The Kier molecular flexibility index (Phi) is 5.62. The minimum Gasteiger partial charge on any atom is -0.304 e. The first-order valence-corrected chi connectivity index (χ1v) is 10.6. The number of urea groups is 1. The molecule has 2 amide bonds. The molecule has 0 aromatic carbocycles. The van der Waals surface area contributed by atoms with Gasteiger partial charge in [-0.25, -0.2) is 18.5 Å². The fourth-order valence-corrected chi connectivity index (χ4v) is 4.38. The second kappa shape index (κ2) is 7.61. The highest BCUT2D eigenvalue weighted by molar-refractivity contribution is 7.91. The zero-order valence-corrected chi connectivity index (χ0v) is 17.2.